The predicted molar refractivity (Wildman–Crippen MR) is 88.8 cm³/mol. The van der Waals surface area contributed by atoms with E-state index >= 15 is 0 Å². The van der Waals surface area contributed by atoms with E-state index in [0.29, 0.717) is 5.92 Å². The maximum Gasteiger partial charge on any atom is 0.157 e. The van der Waals surface area contributed by atoms with Crippen molar-refractivity contribution >= 4 is 22.1 Å². The van der Waals surface area contributed by atoms with Crippen molar-refractivity contribution < 1.29 is 4.42 Å². The fourth-order valence-electron chi connectivity index (χ4n) is 2.88. The summed E-state index contributed by atoms with van der Waals surface area (Å²) in [6.45, 7) is 4.34. The lowest BCUT2D eigenvalue weighted by Crippen LogP contribution is -1.88. The van der Waals surface area contributed by atoms with Crippen LogP contribution < -0.4 is 0 Å². The second-order valence-corrected chi connectivity index (χ2v) is 5.73. The van der Waals surface area contributed by atoms with E-state index in [4.69, 9.17) is 4.42 Å². The molecule has 0 saturated heterocycles. The summed E-state index contributed by atoms with van der Waals surface area (Å²) in [6.07, 6.45) is 3.66. The minimum atomic E-state index is 0.393. The van der Waals surface area contributed by atoms with E-state index in [0.717, 1.165) is 33.3 Å². The van der Waals surface area contributed by atoms with Gasteiger partial charge in [-0.1, -0.05) is 26.0 Å². The standard InChI is InChI=1S/C19H16N2O/c1-12(2)13-9-11-21-17-15-7-5-6-14(18(15)22-19(13)17)16-8-3-4-10-20-16/h3-12H,1-2H3. The molecule has 0 aliphatic carbocycles. The van der Waals surface area contributed by atoms with Gasteiger partial charge in [-0.2, -0.15) is 0 Å². The van der Waals surface area contributed by atoms with Gasteiger partial charge in [0, 0.05) is 28.9 Å². The number of para-hydroxylation sites is 1. The van der Waals surface area contributed by atoms with Gasteiger partial charge in [-0.25, -0.2) is 0 Å². The molecule has 3 heteroatoms. The molecule has 0 aliphatic rings. The SMILES string of the molecule is CC(C)c1ccnc2c1oc1c(-c3ccccn3)cccc12. The van der Waals surface area contributed by atoms with Crippen LogP contribution in [0.3, 0.4) is 0 Å². The van der Waals surface area contributed by atoms with Crippen LogP contribution in [-0.2, 0) is 0 Å². The highest BCUT2D eigenvalue weighted by atomic mass is 16.3. The van der Waals surface area contributed by atoms with Gasteiger partial charge in [-0.15, -0.1) is 0 Å². The van der Waals surface area contributed by atoms with Gasteiger partial charge >= 0.3 is 0 Å². The molecular weight excluding hydrogens is 272 g/mol. The number of rotatable bonds is 2. The Labute approximate surface area is 128 Å². The molecule has 3 nitrogen and oxygen atoms in total. The van der Waals surface area contributed by atoms with E-state index in [1.165, 1.54) is 5.56 Å². The topological polar surface area (TPSA) is 38.9 Å². The molecule has 22 heavy (non-hydrogen) atoms. The Morgan fingerprint density at radius 3 is 2.55 bits per heavy atom. The number of hydrogen-bond acceptors (Lipinski definition) is 3. The Kier molecular flexibility index (Phi) is 2.93. The summed E-state index contributed by atoms with van der Waals surface area (Å²) in [5.41, 5.74) is 5.78. The number of furan rings is 1. The maximum absolute atomic E-state index is 6.23. The monoisotopic (exact) mass is 288 g/mol. The molecular formula is C19H16N2O. The van der Waals surface area contributed by atoms with Gasteiger partial charge in [0.15, 0.2) is 5.58 Å². The minimum Gasteiger partial charge on any atom is -0.453 e. The quantitative estimate of drug-likeness (QED) is 0.511. The second-order valence-electron chi connectivity index (χ2n) is 5.73. The van der Waals surface area contributed by atoms with E-state index < -0.39 is 0 Å². The number of hydrogen-bond donors (Lipinski definition) is 0. The fraction of sp³-hybridized carbons (Fsp3) is 0.158. The number of benzene rings is 1. The molecule has 0 fully saturated rings. The van der Waals surface area contributed by atoms with Crippen LogP contribution in [0, 0.1) is 0 Å². The third-order valence-corrected chi connectivity index (χ3v) is 3.97. The van der Waals surface area contributed by atoms with E-state index in [1.807, 2.05) is 42.6 Å². The van der Waals surface area contributed by atoms with Gasteiger partial charge in [0.2, 0.25) is 0 Å². The van der Waals surface area contributed by atoms with Crippen LogP contribution in [0.4, 0.5) is 0 Å². The average Bonchev–Trinajstić information content (AvgIpc) is 2.94. The van der Waals surface area contributed by atoms with Gasteiger partial charge in [0.05, 0.1) is 5.69 Å². The van der Waals surface area contributed by atoms with Crippen molar-refractivity contribution in [2.45, 2.75) is 19.8 Å². The minimum absolute atomic E-state index is 0.393. The molecule has 4 rings (SSSR count). The van der Waals surface area contributed by atoms with Gasteiger partial charge in [-0.05, 0) is 36.2 Å². The molecule has 0 amide bonds. The molecule has 108 valence electrons. The molecule has 4 aromatic rings. The van der Waals surface area contributed by atoms with Gasteiger partial charge < -0.3 is 4.42 Å². The summed E-state index contributed by atoms with van der Waals surface area (Å²) in [6, 6.07) is 14.1. The zero-order chi connectivity index (χ0) is 15.1. The molecule has 3 heterocycles. The first-order chi connectivity index (χ1) is 10.8. The van der Waals surface area contributed by atoms with E-state index in [2.05, 4.69) is 29.9 Å². The molecule has 0 spiro atoms. The zero-order valence-corrected chi connectivity index (χ0v) is 12.6. The Morgan fingerprint density at radius 2 is 1.77 bits per heavy atom. The third kappa shape index (κ3) is 1.90. The van der Waals surface area contributed by atoms with Crippen LogP contribution in [0.15, 0.2) is 59.3 Å². The number of aromatic nitrogens is 2. The first-order valence-electron chi connectivity index (χ1n) is 7.47. The van der Waals surface area contributed by atoms with Gasteiger partial charge in [-0.3, -0.25) is 9.97 Å². The van der Waals surface area contributed by atoms with Crippen LogP contribution in [0.2, 0.25) is 0 Å². The summed E-state index contributed by atoms with van der Waals surface area (Å²) in [7, 11) is 0. The molecule has 0 radical (unpaired) electrons. The van der Waals surface area contributed by atoms with Crippen molar-refractivity contribution in [3.05, 3.63) is 60.4 Å². The Bertz CT molecular complexity index is 955. The molecule has 0 aliphatic heterocycles. The summed E-state index contributed by atoms with van der Waals surface area (Å²) in [5.74, 6) is 0.393. The van der Waals surface area contributed by atoms with E-state index in [9.17, 15) is 0 Å². The fourth-order valence-corrected chi connectivity index (χ4v) is 2.88. The van der Waals surface area contributed by atoms with E-state index in [1.54, 1.807) is 6.20 Å². The van der Waals surface area contributed by atoms with Gasteiger partial charge in [0.25, 0.3) is 0 Å². The molecule has 0 bridgehead atoms. The third-order valence-electron chi connectivity index (χ3n) is 3.97. The summed E-state index contributed by atoms with van der Waals surface area (Å²) >= 11 is 0. The highest BCUT2D eigenvalue weighted by molar-refractivity contribution is 6.08. The summed E-state index contributed by atoms with van der Waals surface area (Å²) in [5, 5.41) is 1.04. The van der Waals surface area contributed by atoms with Crippen LogP contribution >= 0.6 is 0 Å². The van der Waals surface area contributed by atoms with Crippen molar-refractivity contribution in [3.63, 3.8) is 0 Å². The molecule has 0 unspecified atom stereocenters. The lowest BCUT2D eigenvalue weighted by molar-refractivity contribution is 0.656. The van der Waals surface area contributed by atoms with Crippen molar-refractivity contribution in [1.29, 1.82) is 0 Å². The summed E-state index contributed by atoms with van der Waals surface area (Å²) in [4.78, 5) is 8.98. The first kappa shape index (κ1) is 13.0. The van der Waals surface area contributed by atoms with Crippen molar-refractivity contribution in [2.75, 3.05) is 0 Å². The Balaban J connectivity index is 2.10. The molecule has 0 saturated carbocycles. The predicted octanol–water partition coefficient (Wildman–Crippen LogP) is 5.17. The highest BCUT2D eigenvalue weighted by Crippen LogP contribution is 2.36. The molecule has 0 atom stereocenters. The van der Waals surface area contributed by atoms with Crippen molar-refractivity contribution in [1.82, 2.24) is 9.97 Å². The Morgan fingerprint density at radius 1 is 0.864 bits per heavy atom. The van der Waals surface area contributed by atoms with E-state index in [-0.39, 0.29) is 0 Å². The average molecular weight is 288 g/mol. The highest BCUT2D eigenvalue weighted by Gasteiger charge is 2.16. The lowest BCUT2D eigenvalue weighted by Gasteiger charge is -2.04. The van der Waals surface area contributed by atoms with Crippen LogP contribution in [-0.4, -0.2) is 9.97 Å². The number of pyridine rings is 2. The number of fused-ring (bicyclic) bond motifs is 3. The molecule has 1 aromatic carbocycles. The lowest BCUT2D eigenvalue weighted by atomic mass is 10.0. The normalized spacial score (nSPS) is 11.6. The molecule has 0 N–H and O–H groups in total. The largest absolute Gasteiger partial charge is 0.453 e. The number of nitrogens with zero attached hydrogens (tertiary/aromatic N) is 2. The zero-order valence-electron chi connectivity index (χ0n) is 12.6. The van der Waals surface area contributed by atoms with Gasteiger partial charge in [0.1, 0.15) is 11.1 Å². The van der Waals surface area contributed by atoms with Crippen molar-refractivity contribution in [3.8, 4) is 11.3 Å². The first-order valence-corrected chi connectivity index (χ1v) is 7.47. The molecule has 3 aromatic heterocycles. The smallest absolute Gasteiger partial charge is 0.157 e. The second kappa shape index (κ2) is 4.95. The van der Waals surface area contributed by atoms with Crippen LogP contribution in [0.1, 0.15) is 25.3 Å². The maximum atomic E-state index is 6.23. The summed E-state index contributed by atoms with van der Waals surface area (Å²) < 4.78 is 6.23. The van der Waals surface area contributed by atoms with Crippen LogP contribution in [0.5, 0.6) is 0 Å². The Hall–Kier alpha value is -2.68. The van der Waals surface area contributed by atoms with Crippen molar-refractivity contribution in [2.24, 2.45) is 0 Å². The van der Waals surface area contributed by atoms with Crippen LogP contribution in [0.25, 0.3) is 33.3 Å².